The number of rotatable bonds is 6. The molecule has 1 aromatic rings. The van der Waals surface area contributed by atoms with Crippen LogP contribution in [0.5, 0.6) is 0 Å². The van der Waals surface area contributed by atoms with E-state index in [0.29, 0.717) is 0 Å². The van der Waals surface area contributed by atoms with Crippen LogP contribution in [0.3, 0.4) is 0 Å². The molecule has 1 aliphatic carbocycles. The zero-order valence-corrected chi connectivity index (χ0v) is 10.4. The highest BCUT2D eigenvalue weighted by Gasteiger charge is 2.22. The Morgan fingerprint density at radius 3 is 3.00 bits per heavy atom. The van der Waals surface area contributed by atoms with Gasteiger partial charge in [-0.05, 0) is 31.2 Å². The second kappa shape index (κ2) is 5.08. The fourth-order valence-electron chi connectivity index (χ4n) is 1.58. The third-order valence-electron chi connectivity index (χ3n) is 2.62. The SMILES string of the molecule is CC(C)CNCc1csc(CC2CC2)n1. The molecule has 1 aromatic heterocycles. The van der Waals surface area contributed by atoms with Crippen LogP contribution in [-0.4, -0.2) is 11.5 Å². The second-order valence-corrected chi connectivity index (χ2v) is 5.85. The fraction of sp³-hybridized carbons (Fsp3) is 0.750. The molecule has 0 atom stereocenters. The van der Waals surface area contributed by atoms with E-state index in [0.717, 1.165) is 24.9 Å². The Hall–Kier alpha value is -0.410. The summed E-state index contributed by atoms with van der Waals surface area (Å²) in [6, 6.07) is 0. The van der Waals surface area contributed by atoms with Crippen LogP contribution >= 0.6 is 11.3 Å². The van der Waals surface area contributed by atoms with Crippen LogP contribution in [0.2, 0.25) is 0 Å². The van der Waals surface area contributed by atoms with Crippen molar-refractivity contribution in [2.24, 2.45) is 11.8 Å². The lowest BCUT2D eigenvalue weighted by molar-refractivity contribution is 0.548. The van der Waals surface area contributed by atoms with Gasteiger partial charge in [-0.15, -0.1) is 11.3 Å². The van der Waals surface area contributed by atoms with Crippen molar-refractivity contribution in [3.8, 4) is 0 Å². The maximum atomic E-state index is 4.64. The van der Waals surface area contributed by atoms with Gasteiger partial charge in [0.25, 0.3) is 0 Å². The van der Waals surface area contributed by atoms with Gasteiger partial charge >= 0.3 is 0 Å². The van der Waals surface area contributed by atoms with E-state index in [-0.39, 0.29) is 0 Å². The summed E-state index contributed by atoms with van der Waals surface area (Å²) in [5.41, 5.74) is 1.22. The first-order valence-electron chi connectivity index (χ1n) is 5.88. The van der Waals surface area contributed by atoms with Crippen molar-refractivity contribution in [3.05, 3.63) is 16.1 Å². The topological polar surface area (TPSA) is 24.9 Å². The van der Waals surface area contributed by atoms with Gasteiger partial charge in [0.2, 0.25) is 0 Å². The first-order chi connectivity index (χ1) is 7.24. The molecule has 1 heterocycles. The summed E-state index contributed by atoms with van der Waals surface area (Å²) < 4.78 is 0. The zero-order valence-electron chi connectivity index (χ0n) is 9.62. The Morgan fingerprint density at radius 2 is 2.33 bits per heavy atom. The number of aromatic nitrogens is 1. The molecule has 2 nitrogen and oxygen atoms in total. The largest absolute Gasteiger partial charge is 0.311 e. The second-order valence-electron chi connectivity index (χ2n) is 4.90. The summed E-state index contributed by atoms with van der Waals surface area (Å²) in [5, 5.41) is 6.96. The molecule has 0 spiro atoms. The Balaban J connectivity index is 1.73. The average Bonchev–Trinajstić information content (AvgIpc) is 2.86. The van der Waals surface area contributed by atoms with Crippen molar-refractivity contribution >= 4 is 11.3 Å². The molecule has 15 heavy (non-hydrogen) atoms. The lowest BCUT2D eigenvalue weighted by Gasteiger charge is -2.04. The van der Waals surface area contributed by atoms with Crippen LogP contribution in [0.15, 0.2) is 5.38 Å². The van der Waals surface area contributed by atoms with Crippen LogP contribution < -0.4 is 5.32 Å². The van der Waals surface area contributed by atoms with Gasteiger partial charge in [0.05, 0.1) is 10.7 Å². The van der Waals surface area contributed by atoms with E-state index >= 15 is 0 Å². The van der Waals surface area contributed by atoms with E-state index in [1.54, 1.807) is 0 Å². The Kier molecular flexibility index (Phi) is 3.76. The quantitative estimate of drug-likeness (QED) is 0.803. The number of thiazole rings is 1. The molecule has 1 N–H and O–H groups in total. The molecule has 0 radical (unpaired) electrons. The van der Waals surface area contributed by atoms with Crippen LogP contribution in [0.1, 0.15) is 37.4 Å². The van der Waals surface area contributed by atoms with Crippen molar-refractivity contribution in [3.63, 3.8) is 0 Å². The molecular weight excluding hydrogens is 204 g/mol. The minimum Gasteiger partial charge on any atom is -0.311 e. The summed E-state index contributed by atoms with van der Waals surface area (Å²) in [5.74, 6) is 1.67. The summed E-state index contributed by atoms with van der Waals surface area (Å²) in [7, 11) is 0. The van der Waals surface area contributed by atoms with E-state index in [1.807, 2.05) is 11.3 Å². The van der Waals surface area contributed by atoms with Crippen LogP contribution in [0.25, 0.3) is 0 Å². The maximum Gasteiger partial charge on any atom is 0.0931 e. The van der Waals surface area contributed by atoms with Gasteiger partial charge in [-0.2, -0.15) is 0 Å². The highest BCUT2D eigenvalue weighted by molar-refractivity contribution is 7.09. The molecule has 0 unspecified atom stereocenters. The molecule has 0 aliphatic heterocycles. The van der Waals surface area contributed by atoms with Crippen LogP contribution in [-0.2, 0) is 13.0 Å². The van der Waals surface area contributed by atoms with Crippen molar-refractivity contribution in [1.29, 1.82) is 0 Å². The molecule has 0 aromatic carbocycles. The molecule has 1 fully saturated rings. The monoisotopic (exact) mass is 224 g/mol. The van der Waals surface area contributed by atoms with Crippen LogP contribution in [0.4, 0.5) is 0 Å². The predicted molar refractivity (Wildman–Crippen MR) is 65.1 cm³/mol. The minimum atomic E-state index is 0.717. The summed E-state index contributed by atoms with van der Waals surface area (Å²) in [6.07, 6.45) is 4.05. The first-order valence-corrected chi connectivity index (χ1v) is 6.76. The van der Waals surface area contributed by atoms with Gasteiger partial charge in [0.15, 0.2) is 0 Å². The van der Waals surface area contributed by atoms with E-state index in [1.165, 1.54) is 30.0 Å². The molecule has 3 heteroatoms. The standard InChI is InChI=1S/C12H20N2S/c1-9(2)6-13-7-11-8-15-12(14-11)5-10-3-4-10/h8-10,13H,3-7H2,1-2H3. The van der Waals surface area contributed by atoms with Crippen molar-refractivity contribution in [2.75, 3.05) is 6.54 Å². The van der Waals surface area contributed by atoms with Gasteiger partial charge in [-0.1, -0.05) is 13.8 Å². The van der Waals surface area contributed by atoms with E-state index in [2.05, 4.69) is 29.5 Å². The Bertz CT molecular complexity index is 302. The van der Waals surface area contributed by atoms with Crippen LogP contribution in [0, 0.1) is 11.8 Å². The van der Waals surface area contributed by atoms with Crippen molar-refractivity contribution < 1.29 is 0 Å². The highest BCUT2D eigenvalue weighted by Crippen LogP contribution is 2.33. The molecule has 1 saturated carbocycles. The lowest BCUT2D eigenvalue weighted by atomic mass is 10.2. The van der Waals surface area contributed by atoms with Crippen molar-refractivity contribution in [1.82, 2.24) is 10.3 Å². The summed E-state index contributed by atoms with van der Waals surface area (Å²) in [6.45, 7) is 6.47. The van der Waals surface area contributed by atoms with E-state index in [9.17, 15) is 0 Å². The summed E-state index contributed by atoms with van der Waals surface area (Å²) >= 11 is 1.83. The molecule has 84 valence electrons. The fourth-order valence-corrected chi connectivity index (χ4v) is 2.49. The minimum absolute atomic E-state index is 0.717. The third-order valence-corrected chi connectivity index (χ3v) is 3.54. The van der Waals surface area contributed by atoms with E-state index in [4.69, 9.17) is 0 Å². The van der Waals surface area contributed by atoms with Gasteiger partial charge in [0.1, 0.15) is 0 Å². The molecule has 2 rings (SSSR count). The molecule has 0 amide bonds. The first kappa shape index (κ1) is 11.1. The number of hydrogen-bond donors (Lipinski definition) is 1. The van der Waals surface area contributed by atoms with Gasteiger partial charge in [-0.3, -0.25) is 0 Å². The highest BCUT2D eigenvalue weighted by atomic mass is 32.1. The van der Waals surface area contributed by atoms with Gasteiger partial charge in [0, 0.05) is 18.3 Å². The number of hydrogen-bond acceptors (Lipinski definition) is 3. The Labute approximate surface area is 96.1 Å². The van der Waals surface area contributed by atoms with E-state index < -0.39 is 0 Å². The summed E-state index contributed by atoms with van der Waals surface area (Å²) in [4.78, 5) is 4.64. The number of nitrogens with zero attached hydrogens (tertiary/aromatic N) is 1. The normalized spacial score (nSPS) is 16.2. The number of nitrogens with one attached hydrogen (secondary N) is 1. The zero-order chi connectivity index (χ0) is 10.7. The third kappa shape index (κ3) is 3.92. The predicted octanol–water partition coefficient (Wildman–Crippen LogP) is 2.84. The smallest absolute Gasteiger partial charge is 0.0931 e. The lowest BCUT2D eigenvalue weighted by Crippen LogP contribution is -2.19. The maximum absolute atomic E-state index is 4.64. The molecular formula is C12H20N2S. The average molecular weight is 224 g/mol. The molecule has 1 aliphatic rings. The Morgan fingerprint density at radius 1 is 1.53 bits per heavy atom. The van der Waals surface area contributed by atoms with Gasteiger partial charge < -0.3 is 5.32 Å². The molecule has 0 saturated heterocycles. The molecule has 0 bridgehead atoms. The van der Waals surface area contributed by atoms with Crippen molar-refractivity contribution in [2.45, 2.75) is 39.7 Å². The van der Waals surface area contributed by atoms with Gasteiger partial charge in [-0.25, -0.2) is 4.98 Å².